The molecule has 17 heavy (non-hydrogen) atoms. The third-order valence-corrected chi connectivity index (χ3v) is 3.36. The van der Waals surface area contributed by atoms with Gasteiger partial charge in [-0.15, -0.1) is 11.3 Å². The van der Waals surface area contributed by atoms with Gasteiger partial charge in [-0.2, -0.15) is 5.26 Å². The van der Waals surface area contributed by atoms with E-state index < -0.39 is 6.10 Å². The molecule has 0 fully saturated rings. The van der Waals surface area contributed by atoms with Gasteiger partial charge in [-0.1, -0.05) is 0 Å². The Morgan fingerprint density at radius 3 is 3.18 bits per heavy atom. The maximum Gasteiger partial charge on any atom is 0.259 e. The number of nitrogens with zero attached hydrogens (tertiary/aromatic N) is 2. The predicted molar refractivity (Wildman–Crippen MR) is 67.1 cm³/mol. The van der Waals surface area contributed by atoms with E-state index in [0.717, 1.165) is 10.1 Å². The molecule has 2 heterocycles. The summed E-state index contributed by atoms with van der Waals surface area (Å²) >= 11 is 1.55. The van der Waals surface area contributed by atoms with Crippen LogP contribution in [0.15, 0.2) is 28.5 Å². The van der Waals surface area contributed by atoms with Crippen LogP contribution in [0.1, 0.15) is 6.92 Å². The van der Waals surface area contributed by atoms with Crippen molar-refractivity contribution in [2.24, 2.45) is 0 Å². The van der Waals surface area contributed by atoms with Crippen molar-refractivity contribution in [3.05, 3.63) is 34.1 Å². The number of pyridine rings is 1. The summed E-state index contributed by atoms with van der Waals surface area (Å²) in [6.07, 6.45) is 1.33. The van der Waals surface area contributed by atoms with Gasteiger partial charge in [0.25, 0.3) is 5.56 Å². The zero-order valence-corrected chi connectivity index (χ0v) is 10.2. The summed E-state index contributed by atoms with van der Waals surface area (Å²) in [6, 6.07) is 5.74. The highest BCUT2D eigenvalue weighted by Crippen LogP contribution is 2.16. The van der Waals surface area contributed by atoms with Gasteiger partial charge >= 0.3 is 0 Å². The summed E-state index contributed by atoms with van der Waals surface area (Å²) in [5.41, 5.74) is -0.00281. The molecular weight excluding hydrogens is 236 g/mol. The van der Waals surface area contributed by atoms with Gasteiger partial charge < -0.3 is 9.30 Å². The number of hydrogen-bond donors (Lipinski definition) is 0. The lowest BCUT2D eigenvalue weighted by molar-refractivity contribution is 0.0947. The molecule has 5 heteroatoms. The SMILES string of the molecule is CC(C#N)OCCn1ccc2sccc2c1=O. The van der Waals surface area contributed by atoms with Gasteiger partial charge in [0.2, 0.25) is 0 Å². The highest BCUT2D eigenvalue weighted by atomic mass is 32.1. The number of nitriles is 1. The molecule has 4 nitrogen and oxygen atoms in total. The summed E-state index contributed by atoms with van der Waals surface area (Å²) in [6.45, 7) is 2.52. The lowest BCUT2D eigenvalue weighted by Crippen LogP contribution is -2.22. The Kier molecular flexibility index (Phi) is 3.57. The molecule has 0 saturated carbocycles. The number of thiophene rings is 1. The second-order valence-electron chi connectivity index (χ2n) is 3.65. The average molecular weight is 248 g/mol. The van der Waals surface area contributed by atoms with Crippen LogP contribution in [0.2, 0.25) is 0 Å². The highest BCUT2D eigenvalue weighted by Gasteiger charge is 2.04. The first kappa shape index (κ1) is 11.8. The van der Waals surface area contributed by atoms with Crippen molar-refractivity contribution in [2.75, 3.05) is 6.61 Å². The van der Waals surface area contributed by atoms with E-state index in [0.29, 0.717) is 13.2 Å². The molecule has 0 N–H and O–H groups in total. The quantitative estimate of drug-likeness (QED) is 0.831. The van der Waals surface area contributed by atoms with Gasteiger partial charge in [0.1, 0.15) is 6.10 Å². The Morgan fingerprint density at radius 2 is 2.41 bits per heavy atom. The molecule has 0 aliphatic heterocycles. The van der Waals surface area contributed by atoms with Gasteiger partial charge in [-0.25, -0.2) is 0 Å². The summed E-state index contributed by atoms with van der Waals surface area (Å²) in [7, 11) is 0. The largest absolute Gasteiger partial charge is 0.362 e. The number of rotatable bonds is 4. The molecule has 0 radical (unpaired) electrons. The van der Waals surface area contributed by atoms with Crippen LogP contribution in [-0.4, -0.2) is 17.3 Å². The Labute approximate surface area is 103 Å². The van der Waals surface area contributed by atoms with E-state index in [9.17, 15) is 4.79 Å². The lowest BCUT2D eigenvalue weighted by atomic mass is 10.3. The molecule has 0 aromatic carbocycles. The fourth-order valence-corrected chi connectivity index (χ4v) is 2.32. The molecule has 88 valence electrons. The molecular formula is C12H12N2O2S. The molecule has 1 atom stereocenters. The van der Waals surface area contributed by atoms with Gasteiger partial charge in [-0.05, 0) is 24.4 Å². The van der Waals surface area contributed by atoms with E-state index >= 15 is 0 Å². The predicted octanol–water partition coefficient (Wildman–Crippen LogP) is 1.99. The second kappa shape index (κ2) is 5.13. The number of ether oxygens (including phenoxy) is 1. The number of hydrogen-bond acceptors (Lipinski definition) is 4. The fraction of sp³-hybridized carbons (Fsp3) is 0.333. The second-order valence-corrected chi connectivity index (χ2v) is 4.60. The van der Waals surface area contributed by atoms with Crippen molar-refractivity contribution in [1.29, 1.82) is 5.26 Å². The smallest absolute Gasteiger partial charge is 0.259 e. The molecule has 0 aliphatic rings. The normalized spacial score (nSPS) is 12.5. The van der Waals surface area contributed by atoms with Crippen LogP contribution in [0, 0.1) is 11.3 Å². The van der Waals surface area contributed by atoms with Gasteiger partial charge in [-0.3, -0.25) is 4.79 Å². The van der Waals surface area contributed by atoms with Crippen molar-refractivity contribution in [1.82, 2.24) is 4.57 Å². The summed E-state index contributed by atoms with van der Waals surface area (Å²) in [5.74, 6) is 0. The van der Waals surface area contributed by atoms with Crippen LogP contribution in [0.25, 0.3) is 10.1 Å². The molecule has 0 spiro atoms. The van der Waals surface area contributed by atoms with Crippen LogP contribution < -0.4 is 5.56 Å². The van der Waals surface area contributed by atoms with E-state index in [1.54, 1.807) is 29.0 Å². The molecule has 2 rings (SSSR count). The third kappa shape index (κ3) is 2.54. The number of fused-ring (bicyclic) bond motifs is 1. The van der Waals surface area contributed by atoms with Crippen molar-refractivity contribution in [3.63, 3.8) is 0 Å². The lowest BCUT2D eigenvalue weighted by Gasteiger charge is -2.07. The monoisotopic (exact) mass is 248 g/mol. The van der Waals surface area contributed by atoms with Gasteiger partial charge in [0, 0.05) is 17.4 Å². The van der Waals surface area contributed by atoms with Gasteiger partial charge in [0.15, 0.2) is 0 Å². The summed E-state index contributed by atoms with van der Waals surface area (Å²) in [5, 5.41) is 11.2. The maximum atomic E-state index is 12.0. The molecule has 0 bridgehead atoms. The van der Waals surface area contributed by atoms with Crippen molar-refractivity contribution >= 4 is 21.4 Å². The average Bonchev–Trinajstić information content (AvgIpc) is 2.81. The fourth-order valence-electron chi connectivity index (χ4n) is 1.55. The van der Waals surface area contributed by atoms with E-state index in [-0.39, 0.29) is 5.56 Å². The summed E-state index contributed by atoms with van der Waals surface area (Å²) < 4.78 is 7.83. The van der Waals surface area contributed by atoms with Crippen molar-refractivity contribution in [2.45, 2.75) is 19.6 Å². The number of aromatic nitrogens is 1. The third-order valence-electron chi connectivity index (χ3n) is 2.47. The Morgan fingerprint density at radius 1 is 1.59 bits per heavy atom. The Balaban J connectivity index is 2.12. The first-order valence-corrected chi connectivity index (χ1v) is 6.18. The molecule has 0 amide bonds. The zero-order chi connectivity index (χ0) is 12.3. The van der Waals surface area contributed by atoms with E-state index in [1.165, 1.54) is 0 Å². The van der Waals surface area contributed by atoms with Crippen LogP contribution >= 0.6 is 11.3 Å². The minimum atomic E-state index is -0.435. The molecule has 0 saturated heterocycles. The molecule has 2 aromatic rings. The first-order valence-electron chi connectivity index (χ1n) is 5.30. The van der Waals surface area contributed by atoms with Crippen LogP contribution in [0.5, 0.6) is 0 Å². The van der Waals surface area contributed by atoms with Crippen molar-refractivity contribution < 1.29 is 4.74 Å². The highest BCUT2D eigenvalue weighted by molar-refractivity contribution is 7.17. The molecule has 2 aromatic heterocycles. The Bertz CT molecular complexity index is 609. The maximum absolute atomic E-state index is 12.0. The van der Waals surface area contributed by atoms with Gasteiger partial charge in [0.05, 0.1) is 18.1 Å². The van der Waals surface area contributed by atoms with Crippen molar-refractivity contribution in [3.8, 4) is 6.07 Å². The topological polar surface area (TPSA) is 55.0 Å². The van der Waals surface area contributed by atoms with E-state index in [4.69, 9.17) is 10.00 Å². The van der Waals surface area contributed by atoms with Crippen LogP contribution in [0.3, 0.4) is 0 Å². The first-order chi connectivity index (χ1) is 8.22. The standard InChI is InChI=1S/C12H12N2O2S/c1-9(8-13)16-6-5-14-4-2-11-10(12(14)15)3-7-17-11/h2-4,7,9H,5-6H2,1H3. The summed E-state index contributed by atoms with van der Waals surface area (Å²) in [4.78, 5) is 12.0. The van der Waals surface area contributed by atoms with E-state index in [1.807, 2.05) is 23.6 Å². The van der Waals surface area contributed by atoms with Crippen LogP contribution in [0.4, 0.5) is 0 Å². The molecule has 0 aliphatic carbocycles. The van der Waals surface area contributed by atoms with Crippen LogP contribution in [-0.2, 0) is 11.3 Å². The zero-order valence-electron chi connectivity index (χ0n) is 9.42. The Hall–Kier alpha value is -1.64. The molecule has 1 unspecified atom stereocenters. The van der Waals surface area contributed by atoms with E-state index in [2.05, 4.69) is 0 Å². The minimum Gasteiger partial charge on any atom is -0.362 e. The minimum absolute atomic E-state index is 0.00281.